The molecule has 0 heterocycles. The number of nitrogens with zero attached hydrogens (tertiary/aromatic N) is 1. The molecule has 6 heteroatoms. The fourth-order valence-corrected chi connectivity index (χ4v) is 3.83. The van der Waals surface area contributed by atoms with Crippen molar-refractivity contribution in [3.05, 3.63) is 0 Å². The van der Waals surface area contributed by atoms with Gasteiger partial charge < -0.3 is 4.48 Å². The Morgan fingerprint density at radius 2 is 1.39 bits per heavy atom. The number of unbranched alkanes of at least 4 members (excludes halogenated alkanes) is 1. The first-order valence-electron chi connectivity index (χ1n) is 9.04. The summed E-state index contributed by atoms with van der Waals surface area (Å²) >= 11 is 0. The fourth-order valence-electron chi connectivity index (χ4n) is 3.83. The van der Waals surface area contributed by atoms with E-state index in [0.29, 0.717) is 0 Å². The minimum absolute atomic E-state index is 0.831. The van der Waals surface area contributed by atoms with Gasteiger partial charge in [-0.3, -0.25) is 0 Å². The Bertz CT molecular complexity index is 283. The molecule has 140 valence electrons. The molecule has 0 aromatic heterocycles. The summed E-state index contributed by atoms with van der Waals surface area (Å²) in [5, 5.41) is 0. The van der Waals surface area contributed by atoms with Gasteiger partial charge in [0.1, 0.15) is 0 Å². The molecule has 0 saturated heterocycles. The van der Waals surface area contributed by atoms with E-state index in [0.717, 1.165) is 12.0 Å². The molecule has 1 saturated carbocycles. The minimum atomic E-state index is -4.94. The summed E-state index contributed by atoms with van der Waals surface area (Å²) in [5.74, 6) is 0.831. The number of halogens is 1. The SMILES string of the molecule is CCCC[N+](C)(CC(C)C)C1CCCCCCC1.[O-][Cl+3]([O-])([O-])[O-]. The zero-order chi connectivity index (χ0) is 17.9. The summed E-state index contributed by atoms with van der Waals surface area (Å²) < 4.78 is 35.3. The van der Waals surface area contributed by atoms with E-state index >= 15 is 0 Å². The van der Waals surface area contributed by atoms with E-state index in [9.17, 15) is 0 Å². The van der Waals surface area contributed by atoms with Crippen molar-refractivity contribution in [2.45, 2.75) is 84.6 Å². The first kappa shape index (κ1) is 23.1. The Morgan fingerprint density at radius 3 is 1.78 bits per heavy atom. The van der Waals surface area contributed by atoms with Gasteiger partial charge in [-0.05, 0) is 32.1 Å². The maximum Gasteiger partial charge on any atom is 0.0888 e. The summed E-state index contributed by atoms with van der Waals surface area (Å²) in [7, 11) is -2.40. The van der Waals surface area contributed by atoms with Gasteiger partial charge in [0.25, 0.3) is 0 Å². The van der Waals surface area contributed by atoms with Crippen LogP contribution in [0.1, 0.15) is 78.6 Å². The van der Waals surface area contributed by atoms with Gasteiger partial charge >= 0.3 is 0 Å². The van der Waals surface area contributed by atoms with Crippen LogP contribution in [-0.4, -0.2) is 30.7 Å². The second kappa shape index (κ2) is 11.6. The van der Waals surface area contributed by atoms with Crippen LogP contribution in [0.4, 0.5) is 0 Å². The summed E-state index contributed by atoms with van der Waals surface area (Å²) in [6.07, 6.45) is 13.1. The van der Waals surface area contributed by atoms with E-state index in [1.807, 2.05) is 0 Å². The van der Waals surface area contributed by atoms with Crippen molar-refractivity contribution in [2.75, 3.05) is 20.1 Å². The lowest BCUT2D eigenvalue weighted by atomic mass is 9.93. The average Bonchev–Trinajstić information content (AvgIpc) is 2.32. The van der Waals surface area contributed by atoms with Crippen molar-refractivity contribution >= 4 is 0 Å². The molecule has 0 aromatic carbocycles. The number of hydrogen-bond donors (Lipinski definition) is 0. The molecular weight excluding hydrogens is 318 g/mol. The third-order valence-electron chi connectivity index (χ3n) is 4.76. The van der Waals surface area contributed by atoms with Gasteiger partial charge in [-0.25, -0.2) is 18.6 Å². The van der Waals surface area contributed by atoms with Gasteiger partial charge in [0.15, 0.2) is 0 Å². The van der Waals surface area contributed by atoms with Gasteiger partial charge in [0.05, 0.1) is 26.2 Å². The standard InChI is InChI=1S/C17H36N.ClHO4/c1-5-6-14-18(4,15-16(2)3)17-12-10-8-7-9-11-13-17;2-1(3,4)5/h16-17H,5-15H2,1-4H3;(H,2,3,4,5)/q+1;/p-1. The molecule has 1 unspecified atom stereocenters. The van der Waals surface area contributed by atoms with Gasteiger partial charge in [0, 0.05) is 5.92 Å². The highest BCUT2D eigenvalue weighted by molar-refractivity contribution is 4.66. The van der Waals surface area contributed by atoms with Crippen molar-refractivity contribution in [1.29, 1.82) is 0 Å². The summed E-state index contributed by atoms with van der Waals surface area (Å²) in [6.45, 7) is 9.90. The van der Waals surface area contributed by atoms with Crippen LogP contribution in [-0.2, 0) is 0 Å². The van der Waals surface area contributed by atoms with Crippen molar-refractivity contribution in [1.82, 2.24) is 0 Å². The zero-order valence-electron chi connectivity index (χ0n) is 15.4. The smallest absolute Gasteiger partial charge is 0.0888 e. The van der Waals surface area contributed by atoms with Crippen molar-refractivity contribution in [3.8, 4) is 0 Å². The molecule has 0 aromatic rings. The molecule has 5 nitrogen and oxygen atoms in total. The first-order valence-corrected chi connectivity index (χ1v) is 10.3. The van der Waals surface area contributed by atoms with E-state index in [4.69, 9.17) is 18.6 Å². The van der Waals surface area contributed by atoms with Gasteiger partial charge in [-0.1, -0.05) is 46.5 Å². The fraction of sp³-hybridized carbons (Fsp3) is 1.00. The molecule has 1 aliphatic rings. The molecule has 0 bridgehead atoms. The first-order chi connectivity index (χ1) is 10.6. The van der Waals surface area contributed by atoms with E-state index in [2.05, 4.69) is 27.8 Å². The van der Waals surface area contributed by atoms with Gasteiger partial charge in [-0.15, -0.1) is 10.2 Å². The Morgan fingerprint density at radius 1 is 0.957 bits per heavy atom. The maximum absolute atomic E-state index is 8.49. The molecule has 0 aliphatic heterocycles. The van der Waals surface area contributed by atoms with Crippen LogP contribution in [0.3, 0.4) is 0 Å². The van der Waals surface area contributed by atoms with Crippen LogP contribution in [0, 0.1) is 16.2 Å². The predicted molar refractivity (Wildman–Crippen MR) is 81.8 cm³/mol. The highest BCUT2D eigenvalue weighted by Crippen LogP contribution is 2.27. The van der Waals surface area contributed by atoms with Crippen LogP contribution in [0.15, 0.2) is 0 Å². The molecule has 1 fully saturated rings. The van der Waals surface area contributed by atoms with E-state index in [-0.39, 0.29) is 0 Å². The minimum Gasteiger partial charge on any atom is -0.323 e. The summed E-state index contributed by atoms with van der Waals surface area (Å²) in [5.41, 5.74) is 0. The highest BCUT2D eigenvalue weighted by Gasteiger charge is 2.32. The molecule has 0 amide bonds. The van der Waals surface area contributed by atoms with Gasteiger partial charge in [0.2, 0.25) is 0 Å². The summed E-state index contributed by atoms with van der Waals surface area (Å²) in [4.78, 5) is 0. The summed E-state index contributed by atoms with van der Waals surface area (Å²) in [6, 6.07) is 0.944. The lowest BCUT2D eigenvalue weighted by Crippen LogP contribution is -2.68. The normalized spacial score (nSPS) is 20.2. The molecule has 1 aliphatic carbocycles. The van der Waals surface area contributed by atoms with Crippen LogP contribution in [0.5, 0.6) is 0 Å². The third-order valence-corrected chi connectivity index (χ3v) is 4.76. The van der Waals surface area contributed by atoms with Crippen LogP contribution < -0.4 is 18.6 Å². The topological polar surface area (TPSA) is 92.2 Å². The quantitative estimate of drug-likeness (QED) is 0.639. The van der Waals surface area contributed by atoms with Crippen molar-refractivity contribution in [2.24, 2.45) is 5.92 Å². The monoisotopic (exact) mass is 353 g/mol. The number of hydrogen-bond acceptors (Lipinski definition) is 4. The van der Waals surface area contributed by atoms with Crippen LogP contribution in [0.2, 0.25) is 0 Å². The molecule has 23 heavy (non-hydrogen) atoms. The Kier molecular flexibility index (Phi) is 11.7. The molecule has 0 radical (unpaired) electrons. The lowest BCUT2D eigenvalue weighted by molar-refractivity contribution is -2.00. The number of rotatable bonds is 6. The van der Waals surface area contributed by atoms with Crippen molar-refractivity contribution < 1.29 is 33.4 Å². The molecule has 0 spiro atoms. The van der Waals surface area contributed by atoms with Gasteiger partial charge in [-0.2, -0.15) is 0 Å². The largest absolute Gasteiger partial charge is 0.323 e. The Hall–Kier alpha value is 0.0900. The molecule has 0 N–H and O–H groups in total. The number of quaternary nitrogens is 1. The van der Waals surface area contributed by atoms with E-state index in [1.165, 1.54) is 75.4 Å². The highest BCUT2D eigenvalue weighted by atomic mass is 35.7. The molecule has 1 atom stereocenters. The average molecular weight is 354 g/mol. The van der Waals surface area contributed by atoms with E-state index in [1.54, 1.807) is 0 Å². The lowest BCUT2D eigenvalue weighted by Gasteiger charge is -2.44. The maximum atomic E-state index is 8.49. The predicted octanol–water partition coefficient (Wildman–Crippen LogP) is 0.246. The molecule has 1 rings (SSSR count). The zero-order valence-corrected chi connectivity index (χ0v) is 16.1. The van der Waals surface area contributed by atoms with Crippen molar-refractivity contribution in [3.63, 3.8) is 0 Å². The Balaban J connectivity index is 0.000000841. The van der Waals surface area contributed by atoms with E-state index < -0.39 is 10.2 Å². The third kappa shape index (κ3) is 13.1. The van der Waals surface area contributed by atoms with Crippen LogP contribution >= 0.6 is 0 Å². The molecular formula is C17H36ClNO4. The Labute approximate surface area is 144 Å². The second-order valence-electron chi connectivity index (χ2n) is 7.51. The van der Waals surface area contributed by atoms with Crippen LogP contribution in [0.25, 0.3) is 0 Å². The second-order valence-corrected chi connectivity index (χ2v) is 8.27.